The molecule has 0 aliphatic carbocycles. The maximum Gasteiger partial charge on any atom is 0.250 e. The van der Waals surface area contributed by atoms with E-state index in [9.17, 15) is 8.42 Å². The first-order valence-electron chi connectivity index (χ1n) is 6.81. The van der Waals surface area contributed by atoms with Crippen molar-refractivity contribution in [3.63, 3.8) is 0 Å². The largest absolute Gasteiger partial charge is 0.333 e. The molecule has 1 aromatic carbocycles. The van der Waals surface area contributed by atoms with Gasteiger partial charge in [-0.05, 0) is 23.3 Å². The van der Waals surface area contributed by atoms with Crippen LogP contribution in [-0.2, 0) is 23.1 Å². The highest BCUT2D eigenvalue weighted by Gasteiger charge is 2.16. The molecule has 0 saturated carbocycles. The van der Waals surface area contributed by atoms with Crippen molar-refractivity contribution in [2.75, 3.05) is 0 Å². The molecule has 120 valence electrons. The highest BCUT2D eigenvalue weighted by molar-refractivity contribution is 7.91. The van der Waals surface area contributed by atoms with E-state index in [1.165, 1.54) is 6.07 Å². The normalized spacial score (nSPS) is 11.7. The Morgan fingerprint density at radius 2 is 1.87 bits per heavy atom. The fraction of sp³-hybridized carbons (Fsp3) is 0.133. The van der Waals surface area contributed by atoms with E-state index in [4.69, 9.17) is 11.6 Å². The van der Waals surface area contributed by atoms with Crippen LogP contribution in [0.15, 0.2) is 59.3 Å². The van der Waals surface area contributed by atoms with E-state index in [1.807, 2.05) is 35.0 Å². The van der Waals surface area contributed by atoms with E-state index in [1.54, 1.807) is 18.6 Å². The predicted octanol–water partition coefficient (Wildman–Crippen LogP) is 3.12. The van der Waals surface area contributed by atoms with Crippen LogP contribution in [0.3, 0.4) is 0 Å². The number of rotatable bonds is 6. The molecule has 2 heterocycles. The van der Waals surface area contributed by atoms with Crippen LogP contribution >= 0.6 is 22.9 Å². The molecule has 0 spiro atoms. The average molecular weight is 368 g/mol. The molecule has 0 saturated heterocycles. The van der Waals surface area contributed by atoms with Crippen molar-refractivity contribution in [1.29, 1.82) is 0 Å². The number of nitrogens with one attached hydrogen (secondary N) is 1. The molecule has 23 heavy (non-hydrogen) atoms. The lowest BCUT2D eigenvalue weighted by molar-refractivity contribution is 0.583. The molecule has 0 amide bonds. The highest BCUT2D eigenvalue weighted by Crippen LogP contribution is 2.25. The molecule has 3 rings (SSSR count). The fourth-order valence-corrected chi connectivity index (χ4v) is 4.59. The van der Waals surface area contributed by atoms with Crippen molar-refractivity contribution in [1.82, 2.24) is 14.3 Å². The van der Waals surface area contributed by atoms with Crippen LogP contribution in [0.25, 0.3) is 0 Å². The van der Waals surface area contributed by atoms with Gasteiger partial charge in [-0.2, -0.15) is 0 Å². The van der Waals surface area contributed by atoms with Crippen molar-refractivity contribution in [3.05, 3.63) is 70.6 Å². The molecule has 2 aromatic heterocycles. The topological polar surface area (TPSA) is 64.0 Å². The Kier molecular flexibility index (Phi) is 4.82. The Hall–Kier alpha value is -1.67. The standard InChI is InChI=1S/C15H14ClN3O2S2/c16-14-5-6-15(22-14)23(20,21)18-9-12-1-3-13(4-2-12)10-19-8-7-17-11-19/h1-8,11,18H,9-10H2. The number of thiophene rings is 1. The SMILES string of the molecule is O=S(=O)(NCc1ccc(Cn2ccnc2)cc1)c1ccc(Cl)s1. The van der Waals surface area contributed by atoms with Gasteiger partial charge in [0, 0.05) is 25.5 Å². The molecule has 8 heteroatoms. The Labute approximate surface area is 143 Å². The van der Waals surface area contributed by atoms with Gasteiger partial charge >= 0.3 is 0 Å². The molecule has 0 aliphatic heterocycles. The van der Waals surface area contributed by atoms with Crippen molar-refractivity contribution < 1.29 is 8.42 Å². The van der Waals surface area contributed by atoms with Crippen LogP contribution in [0, 0.1) is 0 Å². The number of halogens is 1. The smallest absolute Gasteiger partial charge is 0.250 e. The molecule has 3 aromatic rings. The summed E-state index contributed by atoms with van der Waals surface area (Å²) in [7, 11) is -3.52. The number of aromatic nitrogens is 2. The van der Waals surface area contributed by atoms with Gasteiger partial charge in [-0.15, -0.1) is 11.3 Å². The number of hydrogen-bond donors (Lipinski definition) is 1. The van der Waals surface area contributed by atoms with Crippen LogP contribution < -0.4 is 4.72 Å². The molecule has 0 aliphatic rings. The minimum absolute atomic E-state index is 0.222. The third-order valence-corrected chi connectivity index (χ3v) is 6.35. The highest BCUT2D eigenvalue weighted by atomic mass is 35.5. The lowest BCUT2D eigenvalue weighted by Gasteiger charge is -2.07. The zero-order valence-corrected chi connectivity index (χ0v) is 14.4. The van der Waals surface area contributed by atoms with Crippen LogP contribution in [0.2, 0.25) is 4.34 Å². The van der Waals surface area contributed by atoms with Crippen molar-refractivity contribution in [2.24, 2.45) is 0 Å². The molecule has 0 atom stereocenters. The second-order valence-electron chi connectivity index (χ2n) is 4.93. The second kappa shape index (κ2) is 6.84. The average Bonchev–Trinajstić information content (AvgIpc) is 3.18. The van der Waals surface area contributed by atoms with Gasteiger partial charge in [0.15, 0.2) is 0 Å². The van der Waals surface area contributed by atoms with Crippen LogP contribution in [-0.4, -0.2) is 18.0 Å². The maximum absolute atomic E-state index is 12.1. The summed E-state index contributed by atoms with van der Waals surface area (Å²) in [5.41, 5.74) is 2.02. The molecular formula is C15H14ClN3O2S2. The Balaban J connectivity index is 1.62. The first kappa shape index (κ1) is 16.2. The van der Waals surface area contributed by atoms with Gasteiger partial charge in [0.25, 0.3) is 0 Å². The van der Waals surface area contributed by atoms with Crippen LogP contribution in [0.4, 0.5) is 0 Å². The fourth-order valence-electron chi connectivity index (χ4n) is 2.05. The van der Waals surface area contributed by atoms with E-state index in [0.29, 0.717) is 4.34 Å². The van der Waals surface area contributed by atoms with Crippen molar-refractivity contribution in [2.45, 2.75) is 17.3 Å². The number of hydrogen-bond acceptors (Lipinski definition) is 4. The first-order valence-corrected chi connectivity index (χ1v) is 9.49. The molecule has 0 unspecified atom stereocenters. The summed E-state index contributed by atoms with van der Waals surface area (Å²) in [6.45, 7) is 0.975. The zero-order valence-electron chi connectivity index (χ0n) is 12.0. The molecule has 5 nitrogen and oxygen atoms in total. The number of sulfonamides is 1. The third-order valence-electron chi connectivity index (χ3n) is 3.23. The molecule has 0 radical (unpaired) electrons. The second-order valence-corrected chi connectivity index (χ2v) is 8.64. The van der Waals surface area contributed by atoms with Crippen LogP contribution in [0.1, 0.15) is 11.1 Å². The van der Waals surface area contributed by atoms with Crippen molar-refractivity contribution in [3.8, 4) is 0 Å². The number of benzene rings is 1. The summed E-state index contributed by atoms with van der Waals surface area (Å²) in [6, 6.07) is 10.9. The molecule has 1 N–H and O–H groups in total. The summed E-state index contributed by atoms with van der Waals surface area (Å²) in [4.78, 5) is 4.00. The van der Waals surface area contributed by atoms with Gasteiger partial charge in [-0.1, -0.05) is 35.9 Å². The Morgan fingerprint density at radius 3 is 2.48 bits per heavy atom. The summed E-state index contributed by atoms with van der Waals surface area (Å²) in [6.07, 6.45) is 5.39. The van der Waals surface area contributed by atoms with Gasteiger partial charge in [-0.3, -0.25) is 0 Å². The molecule has 0 bridgehead atoms. The van der Waals surface area contributed by atoms with Gasteiger partial charge in [0.05, 0.1) is 10.7 Å². The summed E-state index contributed by atoms with van der Waals surface area (Å²) in [5, 5.41) is 0. The lowest BCUT2D eigenvalue weighted by Crippen LogP contribution is -2.22. The summed E-state index contributed by atoms with van der Waals surface area (Å²) < 4.78 is 29.5. The van der Waals surface area contributed by atoms with Gasteiger partial charge < -0.3 is 4.57 Å². The number of nitrogens with zero attached hydrogens (tertiary/aromatic N) is 2. The quantitative estimate of drug-likeness (QED) is 0.728. The maximum atomic E-state index is 12.1. The monoisotopic (exact) mass is 367 g/mol. The van der Waals surface area contributed by atoms with Gasteiger partial charge in [-0.25, -0.2) is 18.1 Å². The van der Waals surface area contributed by atoms with E-state index >= 15 is 0 Å². The number of imidazole rings is 1. The van der Waals surface area contributed by atoms with E-state index in [0.717, 1.165) is 29.0 Å². The summed E-state index contributed by atoms with van der Waals surface area (Å²) >= 11 is 6.82. The minimum Gasteiger partial charge on any atom is -0.333 e. The van der Waals surface area contributed by atoms with E-state index in [-0.39, 0.29) is 10.8 Å². The Bertz CT molecular complexity index is 872. The molecule has 0 fully saturated rings. The first-order chi connectivity index (χ1) is 11.0. The van der Waals surface area contributed by atoms with Crippen LogP contribution in [0.5, 0.6) is 0 Å². The van der Waals surface area contributed by atoms with Gasteiger partial charge in [0.2, 0.25) is 10.0 Å². The summed E-state index contributed by atoms with van der Waals surface area (Å²) in [5.74, 6) is 0. The van der Waals surface area contributed by atoms with Gasteiger partial charge in [0.1, 0.15) is 4.21 Å². The molecular weight excluding hydrogens is 354 g/mol. The Morgan fingerprint density at radius 1 is 1.13 bits per heavy atom. The zero-order chi connectivity index (χ0) is 16.3. The lowest BCUT2D eigenvalue weighted by atomic mass is 10.1. The minimum atomic E-state index is -3.52. The van der Waals surface area contributed by atoms with E-state index in [2.05, 4.69) is 9.71 Å². The third kappa shape index (κ3) is 4.20. The van der Waals surface area contributed by atoms with Crippen molar-refractivity contribution >= 4 is 33.0 Å². The predicted molar refractivity (Wildman–Crippen MR) is 91.1 cm³/mol. The van der Waals surface area contributed by atoms with E-state index < -0.39 is 10.0 Å².